The Hall–Kier alpha value is -1.28. The van der Waals surface area contributed by atoms with E-state index in [0.717, 1.165) is 11.5 Å². The highest BCUT2D eigenvalue weighted by Gasteiger charge is 2.07. The normalized spacial score (nSPS) is 10.8. The molecule has 0 saturated heterocycles. The molecule has 0 aliphatic rings. The summed E-state index contributed by atoms with van der Waals surface area (Å²) in [6.07, 6.45) is 4.43. The van der Waals surface area contributed by atoms with Gasteiger partial charge in [0.2, 0.25) is 0 Å². The van der Waals surface area contributed by atoms with Crippen molar-refractivity contribution >= 4 is 10.9 Å². The second kappa shape index (κ2) is 8.23. The Morgan fingerprint density at radius 1 is 0.762 bits per heavy atom. The van der Waals surface area contributed by atoms with Gasteiger partial charge in [-0.2, -0.15) is 0 Å². The molecule has 0 amide bonds. The van der Waals surface area contributed by atoms with E-state index in [0.29, 0.717) is 10.9 Å². The highest BCUT2D eigenvalue weighted by atomic mass is 35.7. The summed E-state index contributed by atoms with van der Waals surface area (Å²) in [5.74, 6) is 1.77. The maximum atomic E-state index is 8.49. The van der Waals surface area contributed by atoms with Crippen molar-refractivity contribution in [1.29, 1.82) is 0 Å². The molecule has 0 heterocycles. The molecule has 114 valence electrons. The Labute approximate surface area is 128 Å². The van der Waals surface area contributed by atoms with Crippen LogP contribution in [0.1, 0.15) is 0 Å². The van der Waals surface area contributed by atoms with Crippen LogP contribution in [0.2, 0.25) is 0 Å². The van der Waals surface area contributed by atoms with Gasteiger partial charge >= 0.3 is 0 Å². The fourth-order valence-corrected chi connectivity index (χ4v) is 2.08. The molecule has 0 unspecified atom stereocenters. The molecular weight excluding hydrogens is 316 g/mol. The van der Waals surface area contributed by atoms with E-state index in [4.69, 9.17) is 23.4 Å². The average Bonchev–Trinajstić information content (AvgIpc) is 2.38. The van der Waals surface area contributed by atoms with Crippen LogP contribution in [0, 0.1) is 10.2 Å². The maximum absolute atomic E-state index is 8.49. The highest BCUT2D eigenvalue weighted by Crippen LogP contribution is 2.22. The van der Waals surface area contributed by atoms with Crippen LogP contribution in [-0.2, 0) is 10.9 Å². The fourth-order valence-electron chi connectivity index (χ4n) is 1.40. The van der Waals surface area contributed by atoms with Crippen LogP contribution in [0.5, 0.6) is 11.5 Å². The topological polar surface area (TPSA) is 101 Å². The standard InChI is InChI=1S/C14H15OS.ClHO4/c1-16(2)14-10-8-13(9-11-14)15-12-6-4-3-5-7-12;2-1(3,4)5/h3-11H,1-2H3;(H,2,3,4,5)/q+1;/p-1. The van der Waals surface area contributed by atoms with Crippen molar-refractivity contribution in [3.05, 3.63) is 54.6 Å². The van der Waals surface area contributed by atoms with Crippen molar-refractivity contribution in [2.24, 2.45) is 0 Å². The van der Waals surface area contributed by atoms with E-state index in [9.17, 15) is 0 Å². The van der Waals surface area contributed by atoms with E-state index in [1.807, 2.05) is 42.5 Å². The molecule has 21 heavy (non-hydrogen) atoms. The van der Waals surface area contributed by atoms with Gasteiger partial charge in [0, 0.05) is 10.9 Å². The first-order chi connectivity index (χ1) is 9.75. The van der Waals surface area contributed by atoms with Gasteiger partial charge in [-0.1, -0.05) is 18.2 Å². The summed E-state index contributed by atoms with van der Waals surface area (Å²) in [4.78, 5) is 1.36. The van der Waals surface area contributed by atoms with E-state index >= 15 is 0 Å². The molecule has 0 spiro atoms. The van der Waals surface area contributed by atoms with Gasteiger partial charge < -0.3 is 4.74 Å². The summed E-state index contributed by atoms with van der Waals surface area (Å²) in [6.45, 7) is 0. The van der Waals surface area contributed by atoms with Crippen LogP contribution in [0.3, 0.4) is 0 Å². The summed E-state index contributed by atoms with van der Waals surface area (Å²) in [5, 5.41) is 0. The van der Waals surface area contributed by atoms with Crippen LogP contribution in [0.15, 0.2) is 59.5 Å². The van der Waals surface area contributed by atoms with Gasteiger partial charge in [0.1, 0.15) is 24.0 Å². The first-order valence-corrected chi connectivity index (χ1v) is 9.05. The third-order valence-corrected chi connectivity index (χ3v) is 3.49. The van der Waals surface area contributed by atoms with Crippen LogP contribution in [0.25, 0.3) is 0 Å². The summed E-state index contributed by atoms with van der Waals surface area (Å²) in [6, 6.07) is 18.1. The Balaban J connectivity index is 0.000000383. The zero-order chi connectivity index (χ0) is 15.9. The highest BCUT2D eigenvalue weighted by molar-refractivity contribution is 7.95. The fraction of sp³-hybridized carbons (Fsp3) is 0.143. The first kappa shape index (κ1) is 17.8. The number of para-hydroxylation sites is 1. The molecule has 0 aliphatic heterocycles. The largest absolute Gasteiger partial charge is 0.457 e. The number of halogens is 1. The van der Waals surface area contributed by atoms with Crippen molar-refractivity contribution in [2.45, 2.75) is 4.90 Å². The number of hydrogen-bond acceptors (Lipinski definition) is 5. The van der Waals surface area contributed by atoms with Crippen molar-refractivity contribution in [3.63, 3.8) is 0 Å². The van der Waals surface area contributed by atoms with Gasteiger partial charge in [0.25, 0.3) is 0 Å². The van der Waals surface area contributed by atoms with Gasteiger partial charge in [-0.3, -0.25) is 0 Å². The van der Waals surface area contributed by atoms with Crippen molar-refractivity contribution in [2.75, 3.05) is 12.5 Å². The number of rotatable bonds is 3. The zero-order valence-corrected chi connectivity index (χ0v) is 13.1. The van der Waals surface area contributed by atoms with Crippen molar-refractivity contribution in [1.82, 2.24) is 0 Å². The van der Waals surface area contributed by atoms with Gasteiger partial charge in [-0.25, -0.2) is 18.6 Å². The molecule has 5 nitrogen and oxygen atoms in total. The molecule has 0 atom stereocenters. The molecule has 2 rings (SSSR count). The second-order valence-electron chi connectivity index (χ2n) is 4.08. The third kappa shape index (κ3) is 8.56. The number of hydrogen-bond donors (Lipinski definition) is 0. The van der Waals surface area contributed by atoms with Crippen molar-refractivity contribution in [3.8, 4) is 11.5 Å². The number of ether oxygens (including phenoxy) is 1. The van der Waals surface area contributed by atoms with Gasteiger partial charge in [-0.05, 0) is 36.4 Å². The van der Waals surface area contributed by atoms with Crippen molar-refractivity contribution < 1.29 is 33.6 Å². The minimum Gasteiger partial charge on any atom is -0.457 e. The minimum atomic E-state index is -4.94. The molecule has 0 fully saturated rings. The summed E-state index contributed by atoms with van der Waals surface area (Å²) < 4.78 is 39.7. The third-order valence-electron chi connectivity index (χ3n) is 2.27. The van der Waals surface area contributed by atoms with Crippen LogP contribution in [0.4, 0.5) is 0 Å². The van der Waals surface area contributed by atoms with Gasteiger partial charge in [-0.15, -0.1) is 10.2 Å². The van der Waals surface area contributed by atoms with E-state index in [-0.39, 0.29) is 0 Å². The van der Waals surface area contributed by atoms with E-state index in [1.54, 1.807) is 0 Å². The summed E-state index contributed by atoms with van der Waals surface area (Å²) in [5.41, 5.74) is 0. The molecule has 0 N–H and O–H groups in total. The Kier molecular flexibility index (Phi) is 6.97. The SMILES string of the molecule is C[S+](C)c1ccc(Oc2ccccc2)cc1.[O-][Cl+3]([O-])([O-])[O-]. The lowest BCUT2D eigenvalue weighted by molar-refractivity contribution is -2.00. The lowest BCUT2D eigenvalue weighted by atomic mass is 10.3. The molecule has 0 radical (unpaired) electrons. The van der Waals surface area contributed by atoms with E-state index < -0.39 is 10.2 Å². The minimum absolute atomic E-state index is 0.311. The monoisotopic (exact) mass is 330 g/mol. The first-order valence-electron chi connectivity index (χ1n) is 5.78. The molecule has 7 heteroatoms. The molecule has 0 saturated carbocycles. The average molecular weight is 331 g/mol. The number of benzene rings is 2. The lowest BCUT2D eigenvalue weighted by Gasteiger charge is -2.17. The quantitative estimate of drug-likeness (QED) is 0.669. The molecule has 2 aromatic rings. The molecule has 2 aromatic carbocycles. The lowest BCUT2D eigenvalue weighted by Crippen LogP contribution is -2.68. The summed E-state index contributed by atoms with van der Waals surface area (Å²) in [7, 11) is -4.63. The molecule has 0 aromatic heterocycles. The predicted molar refractivity (Wildman–Crippen MR) is 70.4 cm³/mol. The predicted octanol–water partition coefficient (Wildman–Crippen LogP) is -1.04. The van der Waals surface area contributed by atoms with Crippen LogP contribution >= 0.6 is 0 Å². The van der Waals surface area contributed by atoms with E-state index in [1.165, 1.54) is 4.90 Å². The molecule has 0 bridgehead atoms. The summed E-state index contributed by atoms with van der Waals surface area (Å²) >= 11 is 0. The Morgan fingerprint density at radius 3 is 1.62 bits per heavy atom. The second-order valence-corrected chi connectivity index (χ2v) is 6.94. The maximum Gasteiger partial charge on any atom is 0.154 e. The van der Waals surface area contributed by atoms with Crippen LogP contribution in [-0.4, -0.2) is 12.5 Å². The molecular formula is C14H15ClO5S. The Bertz CT molecular complexity index is 519. The van der Waals surface area contributed by atoms with Crippen LogP contribution < -0.4 is 23.4 Å². The van der Waals surface area contributed by atoms with E-state index in [2.05, 4.69) is 24.6 Å². The molecule has 0 aliphatic carbocycles. The smallest absolute Gasteiger partial charge is 0.154 e. The Morgan fingerprint density at radius 2 is 1.19 bits per heavy atom. The van der Waals surface area contributed by atoms with Gasteiger partial charge in [0.15, 0.2) is 4.90 Å². The zero-order valence-electron chi connectivity index (χ0n) is 11.5. The van der Waals surface area contributed by atoms with Gasteiger partial charge in [0.05, 0.1) is 0 Å².